The molecule has 2 heterocycles. The summed E-state index contributed by atoms with van der Waals surface area (Å²) >= 11 is 12.2. The maximum Gasteiger partial charge on any atom is 0.322 e. The van der Waals surface area contributed by atoms with Crippen molar-refractivity contribution >= 4 is 40.9 Å². The number of para-hydroxylation sites is 2. The number of ether oxygens (including phenoxy) is 1. The first-order valence-corrected chi connectivity index (χ1v) is 12.8. The van der Waals surface area contributed by atoms with Crippen molar-refractivity contribution in [2.75, 3.05) is 24.3 Å². The van der Waals surface area contributed by atoms with Gasteiger partial charge in [-0.05, 0) is 36.4 Å². The molecule has 0 atom stereocenters. The summed E-state index contributed by atoms with van der Waals surface area (Å²) in [5, 5.41) is 6.94. The number of amides is 2. The lowest BCUT2D eigenvalue weighted by atomic mass is 10.1. The van der Waals surface area contributed by atoms with Crippen LogP contribution in [0, 0.1) is 0 Å². The minimum atomic E-state index is -0.357. The lowest BCUT2D eigenvalue weighted by Crippen LogP contribution is -2.43. The Morgan fingerprint density at radius 1 is 1.05 bits per heavy atom. The number of nitrogens with one attached hydrogen (secondary N) is 2. The molecule has 5 rings (SSSR count). The molecule has 0 fully saturated rings. The average Bonchev–Trinajstić information content (AvgIpc) is 2.94. The molecule has 2 amide bonds. The van der Waals surface area contributed by atoms with E-state index in [0.717, 1.165) is 11.3 Å². The Balaban J connectivity index is 1.45. The number of halogens is 2. The van der Waals surface area contributed by atoms with E-state index >= 15 is 0 Å². The fourth-order valence-corrected chi connectivity index (χ4v) is 4.85. The molecule has 194 valence electrons. The van der Waals surface area contributed by atoms with E-state index in [1.165, 1.54) is 0 Å². The number of hydrogen-bond acceptors (Lipinski definition) is 5. The molecular weight excluding hydrogens is 525 g/mol. The van der Waals surface area contributed by atoms with Gasteiger partial charge in [0.05, 0.1) is 41.3 Å². The third-order valence-electron chi connectivity index (χ3n) is 6.33. The third-order valence-corrected chi connectivity index (χ3v) is 6.88. The second kappa shape index (κ2) is 11.2. The highest BCUT2D eigenvalue weighted by atomic mass is 35.5. The van der Waals surface area contributed by atoms with Crippen molar-refractivity contribution < 1.29 is 9.53 Å². The third kappa shape index (κ3) is 5.32. The van der Waals surface area contributed by atoms with Crippen LogP contribution in [0.25, 0.3) is 5.69 Å². The Morgan fingerprint density at radius 2 is 1.82 bits per heavy atom. The number of anilines is 2. The maximum absolute atomic E-state index is 13.9. The van der Waals surface area contributed by atoms with Crippen LogP contribution in [0.1, 0.15) is 16.8 Å². The molecule has 1 aliphatic rings. The summed E-state index contributed by atoms with van der Waals surface area (Å²) < 4.78 is 7.01. The van der Waals surface area contributed by atoms with Gasteiger partial charge in [-0.15, -0.1) is 0 Å². The second-order valence-electron chi connectivity index (χ2n) is 8.73. The first-order valence-electron chi connectivity index (χ1n) is 12.0. The molecule has 0 bridgehead atoms. The highest BCUT2D eigenvalue weighted by molar-refractivity contribution is 6.36. The molecule has 0 unspecified atom stereocenters. The molecule has 0 aliphatic carbocycles. The number of rotatable bonds is 6. The SMILES string of the molecule is COc1ccccc1CNc1nc2c(c(=O)n1-c1ccccc1)CN(C(=O)Nc1ccc(Cl)cc1Cl)CC2. The van der Waals surface area contributed by atoms with Crippen LogP contribution < -0.4 is 20.9 Å². The number of hydrogen-bond donors (Lipinski definition) is 2. The molecule has 1 aromatic heterocycles. The van der Waals surface area contributed by atoms with Gasteiger partial charge < -0.3 is 20.3 Å². The molecule has 1 aliphatic heterocycles. The van der Waals surface area contributed by atoms with E-state index in [2.05, 4.69) is 10.6 Å². The van der Waals surface area contributed by atoms with Crippen LogP contribution in [0.15, 0.2) is 77.6 Å². The summed E-state index contributed by atoms with van der Waals surface area (Å²) in [6, 6.07) is 21.5. The molecule has 8 nitrogen and oxygen atoms in total. The van der Waals surface area contributed by atoms with E-state index in [1.807, 2.05) is 54.6 Å². The van der Waals surface area contributed by atoms with Crippen LogP contribution in [0.3, 0.4) is 0 Å². The number of nitrogens with zero attached hydrogens (tertiary/aromatic N) is 3. The smallest absolute Gasteiger partial charge is 0.322 e. The van der Waals surface area contributed by atoms with E-state index in [4.69, 9.17) is 32.9 Å². The Bertz CT molecular complexity index is 1540. The van der Waals surface area contributed by atoms with Crippen LogP contribution in [-0.4, -0.2) is 34.1 Å². The number of aromatic nitrogens is 2. The van der Waals surface area contributed by atoms with Crippen LogP contribution in [0.4, 0.5) is 16.4 Å². The second-order valence-corrected chi connectivity index (χ2v) is 9.57. The van der Waals surface area contributed by atoms with Crippen molar-refractivity contribution in [1.82, 2.24) is 14.5 Å². The lowest BCUT2D eigenvalue weighted by Gasteiger charge is -2.29. The minimum Gasteiger partial charge on any atom is -0.496 e. The summed E-state index contributed by atoms with van der Waals surface area (Å²) in [6.45, 7) is 0.939. The zero-order chi connectivity index (χ0) is 26.6. The molecule has 0 saturated carbocycles. The number of carbonyl (C=O) groups excluding carboxylic acids is 1. The standard InChI is InChI=1S/C28H25Cl2N5O3/c1-38-25-10-6-5-7-18(25)16-31-27-32-23-13-14-34(28(37)33-24-12-11-19(29)15-22(24)30)17-21(23)26(36)35(27)20-8-3-2-4-9-20/h2-12,15H,13-14,16-17H2,1H3,(H,31,32)(H,33,37). The largest absolute Gasteiger partial charge is 0.496 e. The monoisotopic (exact) mass is 549 g/mol. The van der Waals surface area contributed by atoms with Gasteiger partial charge in [0.1, 0.15) is 5.75 Å². The van der Waals surface area contributed by atoms with Gasteiger partial charge in [0.25, 0.3) is 5.56 Å². The highest BCUT2D eigenvalue weighted by Crippen LogP contribution is 2.27. The zero-order valence-corrected chi connectivity index (χ0v) is 22.1. The molecule has 10 heteroatoms. The summed E-state index contributed by atoms with van der Waals surface area (Å²) in [5.74, 6) is 1.17. The molecule has 38 heavy (non-hydrogen) atoms. The minimum absolute atomic E-state index is 0.123. The zero-order valence-electron chi connectivity index (χ0n) is 20.6. The molecule has 2 N–H and O–H groups in total. The van der Waals surface area contributed by atoms with Gasteiger partial charge in [0.15, 0.2) is 0 Å². The lowest BCUT2D eigenvalue weighted by molar-refractivity contribution is 0.205. The normalized spacial score (nSPS) is 12.6. The van der Waals surface area contributed by atoms with E-state index in [-0.39, 0.29) is 18.1 Å². The first-order chi connectivity index (χ1) is 18.4. The number of carbonyl (C=O) groups is 1. The topological polar surface area (TPSA) is 88.5 Å². The van der Waals surface area contributed by atoms with Crippen LogP contribution in [-0.2, 0) is 19.5 Å². The molecule has 0 spiro atoms. The van der Waals surface area contributed by atoms with Crippen molar-refractivity contribution in [2.24, 2.45) is 0 Å². The van der Waals surface area contributed by atoms with Gasteiger partial charge in [0.2, 0.25) is 5.95 Å². The van der Waals surface area contributed by atoms with Crippen molar-refractivity contribution in [3.8, 4) is 11.4 Å². The maximum atomic E-state index is 13.9. The van der Waals surface area contributed by atoms with Crippen LogP contribution in [0.5, 0.6) is 5.75 Å². The Hall–Kier alpha value is -4.01. The van der Waals surface area contributed by atoms with Crippen molar-refractivity contribution in [1.29, 1.82) is 0 Å². The molecule has 0 saturated heterocycles. The van der Waals surface area contributed by atoms with Crippen molar-refractivity contribution in [3.05, 3.63) is 110 Å². The van der Waals surface area contributed by atoms with Gasteiger partial charge >= 0.3 is 6.03 Å². The summed E-state index contributed by atoms with van der Waals surface area (Å²) in [6.07, 6.45) is 0.436. The van der Waals surface area contributed by atoms with Gasteiger partial charge in [-0.2, -0.15) is 0 Å². The predicted octanol–water partition coefficient (Wildman–Crippen LogP) is 5.75. The first kappa shape index (κ1) is 25.6. The van der Waals surface area contributed by atoms with Crippen LogP contribution >= 0.6 is 23.2 Å². The van der Waals surface area contributed by atoms with Crippen molar-refractivity contribution in [2.45, 2.75) is 19.5 Å². The summed E-state index contributed by atoms with van der Waals surface area (Å²) in [7, 11) is 1.62. The summed E-state index contributed by atoms with van der Waals surface area (Å²) in [5.41, 5.74) is 2.96. The molecular formula is C28H25Cl2N5O3. The number of benzene rings is 3. The molecule has 3 aromatic carbocycles. The molecule has 4 aromatic rings. The van der Waals surface area contributed by atoms with Gasteiger partial charge in [-0.3, -0.25) is 4.79 Å². The van der Waals surface area contributed by atoms with E-state index < -0.39 is 0 Å². The Kier molecular flexibility index (Phi) is 7.53. The van der Waals surface area contributed by atoms with E-state index in [9.17, 15) is 9.59 Å². The van der Waals surface area contributed by atoms with E-state index in [1.54, 1.807) is 34.8 Å². The fourth-order valence-electron chi connectivity index (χ4n) is 4.39. The number of methoxy groups -OCH3 is 1. The molecule has 0 radical (unpaired) electrons. The number of fused-ring (bicyclic) bond motifs is 1. The van der Waals surface area contributed by atoms with Gasteiger partial charge in [-0.1, -0.05) is 59.6 Å². The van der Waals surface area contributed by atoms with Crippen molar-refractivity contribution in [3.63, 3.8) is 0 Å². The Labute approximate surface area is 229 Å². The summed E-state index contributed by atoms with van der Waals surface area (Å²) in [4.78, 5) is 33.3. The highest BCUT2D eigenvalue weighted by Gasteiger charge is 2.27. The fraction of sp³-hybridized carbons (Fsp3) is 0.179. The van der Waals surface area contributed by atoms with E-state index in [0.29, 0.717) is 58.1 Å². The number of urea groups is 1. The quantitative estimate of drug-likeness (QED) is 0.319. The average molecular weight is 550 g/mol. The van der Waals surface area contributed by atoms with Crippen LogP contribution in [0.2, 0.25) is 10.0 Å². The predicted molar refractivity (Wildman–Crippen MR) is 150 cm³/mol. The Morgan fingerprint density at radius 3 is 2.58 bits per heavy atom. The van der Waals surface area contributed by atoms with Gasteiger partial charge in [0, 0.05) is 30.1 Å². The van der Waals surface area contributed by atoms with Gasteiger partial charge in [-0.25, -0.2) is 14.3 Å².